The maximum atomic E-state index is 9.20. The van der Waals surface area contributed by atoms with E-state index in [1.54, 1.807) is 18.3 Å². The molecule has 0 saturated carbocycles. The molecule has 18 heavy (non-hydrogen) atoms. The minimum absolute atomic E-state index is 0.0737. The zero-order valence-corrected chi connectivity index (χ0v) is 12.0. The molecule has 0 aliphatic carbocycles. The summed E-state index contributed by atoms with van der Waals surface area (Å²) in [4.78, 5) is 4.63. The van der Waals surface area contributed by atoms with Crippen molar-refractivity contribution in [3.05, 3.63) is 23.2 Å². The van der Waals surface area contributed by atoms with Crippen molar-refractivity contribution in [2.24, 2.45) is 0 Å². The predicted octanol–water partition coefficient (Wildman–Crippen LogP) is 3.35. The third-order valence-electron chi connectivity index (χ3n) is 2.49. The zero-order chi connectivity index (χ0) is 13.3. The van der Waals surface area contributed by atoms with Gasteiger partial charge in [0.05, 0.1) is 21.3 Å². The first-order valence-corrected chi connectivity index (χ1v) is 6.90. The zero-order valence-electron chi connectivity index (χ0n) is 11.2. The summed E-state index contributed by atoms with van der Waals surface area (Å²) in [6.45, 7) is 8.51. The van der Waals surface area contributed by atoms with Gasteiger partial charge in [-0.2, -0.15) is 0 Å². The first-order chi connectivity index (χ1) is 8.36. The van der Waals surface area contributed by atoms with Crippen LogP contribution in [0.2, 0.25) is 0 Å². The van der Waals surface area contributed by atoms with Gasteiger partial charge in [0, 0.05) is 5.41 Å². The van der Waals surface area contributed by atoms with Gasteiger partial charge >= 0.3 is 0 Å². The van der Waals surface area contributed by atoms with E-state index in [0.29, 0.717) is 6.61 Å². The summed E-state index contributed by atoms with van der Waals surface area (Å²) in [7, 11) is 0. The van der Waals surface area contributed by atoms with Gasteiger partial charge in [0.2, 0.25) is 0 Å². The standard InChI is InChI=1S/C14H19NO2S/c1-9(16)8-17-10-5-6-11-12(7-10)18-13(15-11)14(2,3)4/h5-7,9,16H,8H2,1-4H3. The van der Waals surface area contributed by atoms with Crippen LogP contribution in [0.25, 0.3) is 10.2 Å². The average molecular weight is 265 g/mol. The van der Waals surface area contributed by atoms with Crippen LogP contribution in [0.4, 0.5) is 0 Å². The number of aromatic nitrogens is 1. The van der Waals surface area contributed by atoms with E-state index in [1.807, 2.05) is 18.2 Å². The Labute approximate surface area is 111 Å². The fourth-order valence-corrected chi connectivity index (χ4v) is 2.58. The lowest BCUT2D eigenvalue weighted by atomic mass is 9.98. The van der Waals surface area contributed by atoms with Crippen molar-refractivity contribution < 1.29 is 9.84 Å². The number of nitrogens with zero attached hydrogens (tertiary/aromatic N) is 1. The molecule has 1 N–H and O–H groups in total. The Morgan fingerprint density at radius 2 is 2.11 bits per heavy atom. The quantitative estimate of drug-likeness (QED) is 0.925. The molecular weight excluding hydrogens is 246 g/mol. The van der Waals surface area contributed by atoms with Gasteiger partial charge in [0.15, 0.2) is 0 Å². The highest BCUT2D eigenvalue weighted by Gasteiger charge is 2.18. The number of fused-ring (bicyclic) bond motifs is 1. The van der Waals surface area contributed by atoms with Gasteiger partial charge in [-0.05, 0) is 25.1 Å². The molecule has 0 fully saturated rings. The molecule has 98 valence electrons. The lowest BCUT2D eigenvalue weighted by Crippen LogP contribution is -2.12. The first kappa shape index (κ1) is 13.3. The summed E-state index contributed by atoms with van der Waals surface area (Å²) in [6.07, 6.45) is -0.452. The van der Waals surface area contributed by atoms with Gasteiger partial charge in [-0.15, -0.1) is 11.3 Å². The Hall–Kier alpha value is -1.13. The first-order valence-electron chi connectivity index (χ1n) is 6.08. The van der Waals surface area contributed by atoms with Gasteiger partial charge in [0.1, 0.15) is 12.4 Å². The summed E-state index contributed by atoms with van der Waals surface area (Å²) < 4.78 is 6.63. The van der Waals surface area contributed by atoms with E-state index in [0.717, 1.165) is 21.0 Å². The molecule has 0 spiro atoms. The number of thiazole rings is 1. The molecule has 1 heterocycles. The molecular formula is C14H19NO2S. The largest absolute Gasteiger partial charge is 0.491 e. The maximum absolute atomic E-state index is 9.20. The van der Waals surface area contributed by atoms with E-state index in [-0.39, 0.29) is 5.41 Å². The van der Waals surface area contributed by atoms with Gasteiger partial charge in [-0.1, -0.05) is 20.8 Å². The molecule has 1 aromatic carbocycles. The molecule has 0 saturated heterocycles. The normalized spacial score (nSPS) is 13.8. The van der Waals surface area contributed by atoms with Crippen molar-refractivity contribution in [3.63, 3.8) is 0 Å². The monoisotopic (exact) mass is 265 g/mol. The second-order valence-electron chi connectivity index (χ2n) is 5.56. The van der Waals surface area contributed by atoms with Crippen molar-refractivity contribution >= 4 is 21.6 Å². The Morgan fingerprint density at radius 3 is 2.72 bits per heavy atom. The molecule has 1 aromatic heterocycles. The minimum Gasteiger partial charge on any atom is -0.491 e. The van der Waals surface area contributed by atoms with Crippen LogP contribution in [0, 0.1) is 0 Å². The minimum atomic E-state index is -0.452. The highest BCUT2D eigenvalue weighted by Crippen LogP contribution is 2.32. The second kappa shape index (κ2) is 4.86. The van der Waals surface area contributed by atoms with Crippen molar-refractivity contribution in [1.29, 1.82) is 0 Å². The SMILES string of the molecule is CC(O)COc1ccc2nc(C(C)(C)C)sc2c1. The lowest BCUT2D eigenvalue weighted by Gasteiger charge is -2.13. The number of aliphatic hydroxyl groups is 1. The molecule has 0 aliphatic rings. The Balaban J connectivity index is 2.28. The van der Waals surface area contributed by atoms with E-state index in [9.17, 15) is 5.11 Å². The summed E-state index contributed by atoms with van der Waals surface area (Å²) in [5, 5.41) is 10.3. The van der Waals surface area contributed by atoms with Gasteiger partial charge in [-0.25, -0.2) is 4.98 Å². The van der Waals surface area contributed by atoms with Crippen LogP contribution in [-0.4, -0.2) is 22.8 Å². The van der Waals surface area contributed by atoms with E-state index < -0.39 is 6.10 Å². The number of rotatable bonds is 3. The van der Waals surface area contributed by atoms with Crippen LogP contribution in [0.3, 0.4) is 0 Å². The molecule has 0 amide bonds. The third kappa shape index (κ3) is 3.00. The van der Waals surface area contributed by atoms with E-state index in [1.165, 1.54) is 0 Å². The molecule has 1 unspecified atom stereocenters. The number of aliphatic hydroxyl groups excluding tert-OH is 1. The van der Waals surface area contributed by atoms with E-state index >= 15 is 0 Å². The fourth-order valence-electron chi connectivity index (χ4n) is 1.53. The van der Waals surface area contributed by atoms with Crippen LogP contribution in [0.5, 0.6) is 5.75 Å². The molecule has 1 atom stereocenters. The molecule has 0 radical (unpaired) electrons. The summed E-state index contributed by atoms with van der Waals surface area (Å²) in [6, 6.07) is 5.86. The van der Waals surface area contributed by atoms with Crippen molar-refractivity contribution in [2.45, 2.75) is 39.2 Å². The fraction of sp³-hybridized carbons (Fsp3) is 0.500. The van der Waals surface area contributed by atoms with Crippen LogP contribution < -0.4 is 4.74 Å². The van der Waals surface area contributed by atoms with Crippen molar-refractivity contribution in [3.8, 4) is 5.75 Å². The number of benzene rings is 1. The Morgan fingerprint density at radius 1 is 1.39 bits per heavy atom. The Kier molecular flexibility index (Phi) is 3.59. The lowest BCUT2D eigenvalue weighted by molar-refractivity contribution is 0.123. The molecule has 2 rings (SSSR count). The number of hydrogen-bond acceptors (Lipinski definition) is 4. The van der Waals surface area contributed by atoms with Crippen molar-refractivity contribution in [1.82, 2.24) is 4.98 Å². The molecule has 4 heteroatoms. The third-order valence-corrected chi connectivity index (χ3v) is 3.94. The van der Waals surface area contributed by atoms with Gasteiger partial charge in [0.25, 0.3) is 0 Å². The summed E-state index contributed by atoms with van der Waals surface area (Å²) in [5.74, 6) is 0.785. The highest BCUT2D eigenvalue weighted by molar-refractivity contribution is 7.18. The number of hydrogen-bond donors (Lipinski definition) is 1. The summed E-state index contributed by atoms with van der Waals surface area (Å²) in [5.41, 5.74) is 1.08. The Bertz CT molecular complexity index is 540. The van der Waals surface area contributed by atoms with E-state index in [2.05, 4.69) is 25.8 Å². The predicted molar refractivity (Wildman–Crippen MR) is 75.5 cm³/mol. The number of ether oxygens (including phenoxy) is 1. The van der Waals surface area contributed by atoms with Crippen molar-refractivity contribution in [2.75, 3.05) is 6.61 Å². The topological polar surface area (TPSA) is 42.4 Å². The van der Waals surface area contributed by atoms with Gasteiger partial charge < -0.3 is 9.84 Å². The molecule has 2 aromatic rings. The second-order valence-corrected chi connectivity index (χ2v) is 6.59. The average Bonchev–Trinajstić information content (AvgIpc) is 2.68. The van der Waals surface area contributed by atoms with Crippen LogP contribution in [-0.2, 0) is 5.41 Å². The van der Waals surface area contributed by atoms with E-state index in [4.69, 9.17) is 4.74 Å². The van der Waals surface area contributed by atoms with Crippen LogP contribution in [0.15, 0.2) is 18.2 Å². The highest BCUT2D eigenvalue weighted by atomic mass is 32.1. The molecule has 3 nitrogen and oxygen atoms in total. The van der Waals surface area contributed by atoms with Crippen LogP contribution in [0.1, 0.15) is 32.7 Å². The van der Waals surface area contributed by atoms with Crippen LogP contribution >= 0.6 is 11.3 Å². The molecule has 0 bridgehead atoms. The molecule has 0 aliphatic heterocycles. The maximum Gasteiger partial charge on any atom is 0.121 e. The van der Waals surface area contributed by atoms with Gasteiger partial charge in [-0.3, -0.25) is 0 Å². The summed E-state index contributed by atoms with van der Waals surface area (Å²) >= 11 is 1.70. The smallest absolute Gasteiger partial charge is 0.121 e.